The lowest BCUT2D eigenvalue weighted by molar-refractivity contribution is 0.307. The summed E-state index contributed by atoms with van der Waals surface area (Å²) in [6.45, 7) is 2.49. The van der Waals surface area contributed by atoms with Crippen LogP contribution in [-0.4, -0.2) is 16.9 Å². The van der Waals surface area contributed by atoms with Gasteiger partial charge in [-0.2, -0.15) is 5.10 Å². The largest absolute Gasteiger partial charge is 0.496 e. The van der Waals surface area contributed by atoms with Crippen LogP contribution in [0.4, 0.5) is 4.39 Å². The summed E-state index contributed by atoms with van der Waals surface area (Å²) < 4.78 is 27.1. The molecule has 5 aromatic rings. The van der Waals surface area contributed by atoms with Crippen molar-refractivity contribution in [1.29, 1.82) is 0 Å². The van der Waals surface area contributed by atoms with Gasteiger partial charge in [-0.05, 0) is 48.4 Å². The molecule has 0 atom stereocenters. The Balaban J connectivity index is 1.63. The van der Waals surface area contributed by atoms with Gasteiger partial charge in [-0.25, -0.2) is 9.07 Å². The van der Waals surface area contributed by atoms with E-state index in [1.54, 1.807) is 31.4 Å². The number of aryl methyl sites for hydroxylation is 1. The van der Waals surface area contributed by atoms with Crippen molar-refractivity contribution in [2.45, 2.75) is 20.1 Å². The minimum absolute atomic E-state index is 0.233. The van der Waals surface area contributed by atoms with Gasteiger partial charge in [0.2, 0.25) is 0 Å². The highest BCUT2D eigenvalue weighted by atomic mass is 19.1. The Morgan fingerprint density at radius 2 is 1.57 bits per heavy atom. The summed E-state index contributed by atoms with van der Waals surface area (Å²) in [7, 11) is 1.60. The van der Waals surface area contributed by atoms with E-state index in [2.05, 4.69) is 0 Å². The molecule has 0 saturated carbocycles. The fourth-order valence-electron chi connectivity index (χ4n) is 4.64. The molecule has 40 heavy (non-hydrogen) atoms. The van der Waals surface area contributed by atoms with Gasteiger partial charge in [0.05, 0.1) is 24.9 Å². The second kappa shape index (κ2) is 12.3. The lowest BCUT2D eigenvalue weighted by atomic mass is 9.97. The third kappa shape index (κ3) is 6.02. The van der Waals surface area contributed by atoms with E-state index in [1.807, 2.05) is 85.8 Å². The van der Waals surface area contributed by atoms with Crippen molar-refractivity contribution in [3.8, 4) is 22.6 Å². The monoisotopic (exact) mass is 532 g/mol. The fraction of sp³-hybridized carbons (Fsp3) is 0.118. The number of rotatable bonds is 9. The van der Waals surface area contributed by atoms with Gasteiger partial charge >= 0.3 is 0 Å². The van der Waals surface area contributed by atoms with E-state index in [0.29, 0.717) is 40.5 Å². The van der Waals surface area contributed by atoms with E-state index in [1.165, 1.54) is 16.8 Å². The first-order chi connectivity index (χ1) is 19.5. The third-order valence-corrected chi connectivity index (χ3v) is 6.56. The molecule has 0 aliphatic heterocycles. The molecule has 1 aromatic heterocycles. The molecule has 0 aliphatic rings. The van der Waals surface area contributed by atoms with Crippen LogP contribution in [-0.2, 0) is 13.2 Å². The van der Waals surface area contributed by atoms with Crippen LogP contribution in [0.15, 0.2) is 108 Å². The zero-order chi connectivity index (χ0) is 27.9. The van der Waals surface area contributed by atoms with Crippen LogP contribution in [0.3, 0.4) is 0 Å². The molecule has 1 heterocycles. The van der Waals surface area contributed by atoms with E-state index in [-0.39, 0.29) is 17.9 Å². The Morgan fingerprint density at radius 3 is 2.35 bits per heavy atom. The van der Waals surface area contributed by atoms with Crippen LogP contribution >= 0.6 is 0 Å². The van der Waals surface area contributed by atoms with Crippen molar-refractivity contribution in [3.63, 3.8) is 0 Å². The number of ether oxygens (including phenoxy) is 2. The van der Waals surface area contributed by atoms with Gasteiger partial charge in [-0.3, -0.25) is 4.79 Å². The van der Waals surface area contributed by atoms with Gasteiger partial charge in [0.1, 0.15) is 23.9 Å². The number of benzene rings is 4. The van der Waals surface area contributed by atoms with Crippen molar-refractivity contribution in [2.24, 2.45) is 0 Å². The van der Waals surface area contributed by atoms with E-state index in [0.717, 1.165) is 16.7 Å². The quantitative estimate of drug-likeness (QED) is 0.202. The van der Waals surface area contributed by atoms with Gasteiger partial charge in [0.25, 0.3) is 5.56 Å². The third-order valence-electron chi connectivity index (χ3n) is 6.56. The van der Waals surface area contributed by atoms with Gasteiger partial charge in [-0.1, -0.05) is 84.9 Å². The van der Waals surface area contributed by atoms with E-state index in [4.69, 9.17) is 14.6 Å². The van der Waals surface area contributed by atoms with Crippen molar-refractivity contribution >= 4 is 12.2 Å². The van der Waals surface area contributed by atoms with Crippen molar-refractivity contribution in [2.75, 3.05) is 7.11 Å². The molecule has 0 radical (unpaired) electrons. The minimum atomic E-state index is -0.346. The molecule has 0 N–H and O–H groups in total. The lowest BCUT2D eigenvalue weighted by Gasteiger charge is -2.17. The molecule has 4 aromatic carbocycles. The normalized spacial score (nSPS) is 11.1. The molecule has 200 valence electrons. The maximum absolute atomic E-state index is 14.0. The first-order valence-electron chi connectivity index (χ1n) is 13.0. The predicted molar refractivity (Wildman–Crippen MR) is 157 cm³/mol. The zero-order valence-corrected chi connectivity index (χ0v) is 22.4. The van der Waals surface area contributed by atoms with Crippen molar-refractivity contribution < 1.29 is 13.9 Å². The number of aromatic nitrogens is 2. The highest BCUT2D eigenvalue weighted by molar-refractivity contribution is 5.84. The molecule has 0 bridgehead atoms. The van der Waals surface area contributed by atoms with Crippen LogP contribution < -0.4 is 15.0 Å². The fourth-order valence-corrected chi connectivity index (χ4v) is 4.64. The second-order valence-corrected chi connectivity index (χ2v) is 9.31. The number of halogens is 1. The van der Waals surface area contributed by atoms with E-state index >= 15 is 0 Å². The Morgan fingerprint density at radius 1 is 0.850 bits per heavy atom. The Kier molecular flexibility index (Phi) is 8.16. The number of hydrogen-bond donors (Lipinski definition) is 0. The van der Waals surface area contributed by atoms with Crippen LogP contribution in [0.2, 0.25) is 0 Å². The second-order valence-electron chi connectivity index (χ2n) is 9.31. The molecule has 5 rings (SSSR count). The average molecular weight is 533 g/mol. The van der Waals surface area contributed by atoms with Crippen molar-refractivity contribution in [3.05, 3.63) is 147 Å². The van der Waals surface area contributed by atoms with Crippen LogP contribution in [0, 0.1) is 12.7 Å². The summed E-state index contributed by atoms with van der Waals surface area (Å²) >= 11 is 0. The molecule has 5 nitrogen and oxygen atoms in total. The predicted octanol–water partition coefficient (Wildman–Crippen LogP) is 7.16. The standard InChI is InChI=1S/C34H29FN2O3/c1-24-33(29-16-7-9-18-32(29)40-23-26-11-4-3-5-12-26)30(20-19-25-13-10-15-28(35)21-25)34(38)37(36-24)22-27-14-6-8-17-31(27)39-2/h3-21H,22-23H2,1-2H3. The highest BCUT2D eigenvalue weighted by Gasteiger charge is 2.19. The Hall–Kier alpha value is -4.97. The Bertz CT molecular complexity index is 1710. The smallest absolute Gasteiger partial charge is 0.274 e. The van der Waals surface area contributed by atoms with Crippen molar-refractivity contribution in [1.82, 2.24) is 9.78 Å². The Labute approximate surface area is 232 Å². The molecule has 6 heteroatoms. The molecule has 0 amide bonds. The first kappa shape index (κ1) is 26.6. The molecule has 0 fully saturated rings. The molecular weight excluding hydrogens is 503 g/mol. The lowest BCUT2D eigenvalue weighted by Crippen LogP contribution is -2.27. The summed E-state index contributed by atoms with van der Waals surface area (Å²) in [5.41, 5.74) is 4.73. The molecule has 0 unspecified atom stereocenters. The highest BCUT2D eigenvalue weighted by Crippen LogP contribution is 2.34. The summed E-state index contributed by atoms with van der Waals surface area (Å²) in [5.74, 6) is 0.967. The topological polar surface area (TPSA) is 53.4 Å². The summed E-state index contributed by atoms with van der Waals surface area (Å²) in [6.07, 6.45) is 3.47. The number of hydrogen-bond acceptors (Lipinski definition) is 4. The SMILES string of the molecule is COc1ccccc1Cn1nc(C)c(-c2ccccc2OCc2ccccc2)c(C=Cc2cccc(F)c2)c1=O. The van der Waals surface area contributed by atoms with Crippen LogP contribution in [0.1, 0.15) is 27.9 Å². The maximum Gasteiger partial charge on any atom is 0.274 e. The number of methoxy groups -OCH3 is 1. The van der Waals surface area contributed by atoms with Gasteiger partial charge < -0.3 is 9.47 Å². The zero-order valence-electron chi connectivity index (χ0n) is 22.4. The van der Waals surface area contributed by atoms with Crippen LogP contribution in [0.25, 0.3) is 23.3 Å². The molecule has 0 spiro atoms. The van der Waals surface area contributed by atoms with Crippen LogP contribution in [0.5, 0.6) is 11.5 Å². The maximum atomic E-state index is 14.0. The molecular formula is C34H29FN2O3. The van der Waals surface area contributed by atoms with Gasteiger partial charge in [0.15, 0.2) is 0 Å². The number of nitrogens with zero attached hydrogens (tertiary/aromatic N) is 2. The van der Waals surface area contributed by atoms with E-state index in [9.17, 15) is 9.18 Å². The summed E-state index contributed by atoms with van der Waals surface area (Å²) in [6, 6.07) is 31.3. The molecule has 0 aliphatic carbocycles. The summed E-state index contributed by atoms with van der Waals surface area (Å²) in [4.78, 5) is 14.0. The number of para-hydroxylation sites is 2. The van der Waals surface area contributed by atoms with Gasteiger partial charge in [-0.15, -0.1) is 0 Å². The first-order valence-corrected chi connectivity index (χ1v) is 13.0. The summed E-state index contributed by atoms with van der Waals surface area (Å²) in [5, 5.41) is 4.71. The molecule has 0 saturated heterocycles. The minimum Gasteiger partial charge on any atom is -0.496 e. The van der Waals surface area contributed by atoms with Gasteiger partial charge in [0, 0.05) is 16.7 Å². The average Bonchev–Trinajstić information content (AvgIpc) is 2.98. The van der Waals surface area contributed by atoms with E-state index < -0.39 is 0 Å².